The number of halogens is 2. The van der Waals surface area contributed by atoms with E-state index in [-0.39, 0.29) is 22.3 Å². The number of phenols is 2. The van der Waals surface area contributed by atoms with Crippen molar-refractivity contribution < 1.29 is 10.2 Å². The van der Waals surface area contributed by atoms with Crippen molar-refractivity contribution in [2.75, 3.05) is 0 Å². The maximum absolute atomic E-state index is 9.84. The Morgan fingerprint density at radius 3 is 1.77 bits per heavy atom. The number of hydrogen-bond donors (Lipinski definition) is 2. The molecule has 0 unspecified atom stereocenters. The number of benzene rings is 2. The van der Waals surface area contributed by atoms with Crippen LogP contribution in [0.4, 0.5) is 0 Å². The molecule has 0 spiro atoms. The lowest BCUT2D eigenvalue weighted by Crippen LogP contribution is -2.51. The van der Waals surface area contributed by atoms with Gasteiger partial charge in [0.15, 0.2) is 0 Å². The van der Waals surface area contributed by atoms with Gasteiger partial charge in [-0.25, -0.2) is 0 Å². The second-order valence-electron chi connectivity index (χ2n) is 8.82. The molecule has 2 atom stereocenters. The molecule has 0 aliphatic heterocycles. The van der Waals surface area contributed by atoms with Gasteiger partial charge in [-0.1, -0.05) is 63.0 Å². The molecule has 140 valence electrons. The molecule has 2 aromatic carbocycles. The zero-order valence-corrected chi connectivity index (χ0v) is 17.2. The van der Waals surface area contributed by atoms with Crippen LogP contribution in [0.15, 0.2) is 36.4 Å². The van der Waals surface area contributed by atoms with Crippen LogP contribution >= 0.6 is 23.2 Å². The van der Waals surface area contributed by atoms with E-state index in [0.717, 1.165) is 24.0 Å². The summed E-state index contributed by atoms with van der Waals surface area (Å²) < 4.78 is 0. The summed E-state index contributed by atoms with van der Waals surface area (Å²) in [6.45, 7) is 9.10. The molecule has 0 heterocycles. The molecule has 0 amide bonds. The Balaban J connectivity index is 2.08. The average Bonchev–Trinajstić information content (AvgIpc) is 2.55. The van der Waals surface area contributed by atoms with Crippen LogP contribution in [0.3, 0.4) is 0 Å². The van der Waals surface area contributed by atoms with E-state index in [1.807, 2.05) is 24.3 Å². The van der Waals surface area contributed by atoms with Gasteiger partial charge in [0, 0.05) is 5.41 Å². The van der Waals surface area contributed by atoms with Crippen molar-refractivity contribution in [2.24, 2.45) is 17.3 Å². The zero-order valence-electron chi connectivity index (χ0n) is 15.7. The van der Waals surface area contributed by atoms with Gasteiger partial charge in [-0.3, -0.25) is 0 Å². The molecule has 0 aromatic heterocycles. The lowest BCUT2D eigenvalue weighted by atomic mass is 9.47. The van der Waals surface area contributed by atoms with Gasteiger partial charge in [0.2, 0.25) is 0 Å². The molecule has 3 rings (SSSR count). The van der Waals surface area contributed by atoms with Crippen molar-refractivity contribution in [1.82, 2.24) is 0 Å². The summed E-state index contributed by atoms with van der Waals surface area (Å²) in [5.74, 6) is 1.16. The van der Waals surface area contributed by atoms with Crippen LogP contribution in [0.2, 0.25) is 10.0 Å². The van der Waals surface area contributed by atoms with Crippen LogP contribution in [-0.2, 0) is 5.41 Å². The molecule has 2 nitrogen and oxygen atoms in total. The summed E-state index contributed by atoms with van der Waals surface area (Å²) in [6, 6.07) is 10.9. The van der Waals surface area contributed by atoms with E-state index in [9.17, 15) is 10.2 Å². The van der Waals surface area contributed by atoms with Crippen molar-refractivity contribution in [1.29, 1.82) is 0 Å². The first-order valence-corrected chi connectivity index (χ1v) is 9.78. The minimum Gasteiger partial charge on any atom is -0.506 e. The van der Waals surface area contributed by atoms with Crippen molar-refractivity contribution in [3.05, 3.63) is 57.6 Å². The van der Waals surface area contributed by atoms with Gasteiger partial charge in [0.25, 0.3) is 0 Å². The second-order valence-corrected chi connectivity index (χ2v) is 9.64. The highest BCUT2D eigenvalue weighted by molar-refractivity contribution is 6.32. The lowest BCUT2D eigenvalue weighted by molar-refractivity contribution is 0.0435. The van der Waals surface area contributed by atoms with Crippen LogP contribution in [-0.4, -0.2) is 10.2 Å². The Labute approximate surface area is 165 Å². The monoisotopic (exact) mass is 392 g/mol. The van der Waals surface area contributed by atoms with Gasteiger partial charge in [0.05, 0.1) is 10.0 Å². The topological polar surface area (TPSA) is 40.5 Å². The van der Waals surface area contributed by atoms with Gasteiger partial charge < -0.3 is 10.2 Å². The normalized spacial score (nSPS) is 22.1. The second kappa shape index (κ2) is 6.65. The van der Waals surface area contributed by atoms with E-state index in [1.165, 1.54) is 0 Å². The van der Waals surface area contributed by atoms with E-state index < -0.39 is 0 Å². The van der Waals surface area contributed by atoms with Crippen molar-refractivity contribution in [3.63, 3.8) is 0 Å². The Bertz CT molecular complexity index is 772. The average molecular weight is 393 g/mol. The van der Waals surface area contributed by atoms with Crippen molar-refractivity contribution >= 4 is 23.2 Å². The standard InChI is InChI=1S/C22H26Cl2O2/c1-13-14(11-21(2,3)4)12-22(13,15-5-7-19(25)17(23)9-15)16-6-8-20(26)18(24)10-16/h5-10,13-14,25-26H,11-12H2,1-4H3/t13-,14+/m1/s1. The Morgan fingerprint density at radius 1 is 0.962 bits per heavy atom. The van der Waals surface area contributed by atoms with Crippen molar-refractivity contribution in [3.8, 4) is 11.5 Å². The molecule has 4 heteroatoms. The van der Waals surface area contributed by atoms with Gasteiger partial charge >= 0.3 is 0 Å². The largest absolute Gasteiger partial charge is 0.506 e. The number of aromatic hydroxyl groups is 2. The minimum atomic E-state index is -0.218. The molecule has 0 radical (unpaired) electrons. The molecule has 1 saturated carbocycles. The summed E-state index contributed by atoms with van der Waals surface area (Å²) in [7, 11) is 0. The number of phenolic OH excluding ortho intramolecular Hbond substituents is 2. The van der Waals surface area contributed by atoms with E-state index in [4.69, 9.17) is 23.2 Å². The third-order valence-electron chi connectivity index (χ3n) is 5.87. The predicted octanol–water partition coefficient (Wildman–Crippen LogP) is 6.78. The molecular weight excluding hydrogens is 367 g/mol. The molecule has 2 N–H and O–H groups in total. The van der Waals surface area contributed by atoms with Crippen LogP contribution in [0.5, 0.6) is 11.5 Å². The highest BCUT2D eigenvalue weighted by atomic mass is 35.5. The highest BCUT2D eigenvalue weighted by Crippen LogP contribution is 2.60. The Hall–Kier alpha value is -1.38. The number of rotatable bonds is 3. The maximum atomic E-state index is 9.84. The fourth-order valence-electron chi connectivity index (χ4n) is 4.55. The van der Waals surface area contributed by atoms with E-state index in [0.29, 0.717) is 21.9 Å². The van der Waals surface area contributed by atoms with Gasteiger partial charge in [-0.15, -0.1) is 0 Å². The molecule has 1 fully saturated rings. The molecule has 0 bridgehead atoms. The highest BCUT2D eigenvalue weighted by Gasteiger charge is 2.53. The molecular formula is C22H26Cl2O2. The van der Waals surface area contributed by atoms with Gasteiger partial charge in [-0.2, -0.15) is 0 Å². The first-order chi connectivity index (χ1) is 12.0. The van der Waals surface area contributed by atoms with Crippen molar-refractivity contribution in [2.45, 2.75) is 46.0 Å². The summed E-state index contributed by atoms with van der Waals surface area (Å²) in [6.07, 6.45) is 2.14. The van der Waals surface area contributed by atoms with E-state index in [1.54, 1.807) is 12.1 Å². The smallest absolute Gasteiger partial charge is 0.134 e. The van der Waals surface area contributed by atoms with Crippen LogP contribution in [0.1, 0.15) is 51.7 Å². The SMILES string of the molecule is C[C@@H]1[C@@H](CC(C)(C)C)CC1(c1ccc(O)c(Cl)c1)c1ccc(O)c(Cl)c1. The first kappa shape index (κ1) is 19.4. The molecule has 1 aliphatic rings. The third-order valence-corrected chi connectivity index (χ3v) is 6.47. The minimum absolute atomic E-state index is 0.0903. The Morgan fingerprint density at radius 2 is 1.42 bits per heavy atom. The quantitative estimate of drug-likeness (QED) is 0.603. The zero-order chi connectivity index (χ0) is 19.3. The molecule has 1 aliphatic carbocycles. The Kier molecular flexibility index (Phi) is 4.96. The van der Waals surface area contributed by atoms with E-state index in [2.05, 4.69) is 27.7 Å². The predicted molar refractivity (Wildman–Crippen MR) is 108 cm³/mol. The summed E-state index contributed by atoms with van der Waals surface area (Å²) >= 11 is 12.4. The van der Waals surface area contributed by atoms with Crippen LogP contribution < -0.4 is 0 Å². The summed E-state index contributed by atoms with van der Waals surface area (Å²) in [5.41, 5.74) is 2.22. The lowest BCUT2D eigenvalue weighted by Gasteiger charge is -2.56. The van der Waals surface area contributed by atoms with E-state index >= 15 is 0 Å². The van der Waals surface area contributed by atoms with Gasteiger partial charge in [-0.05, 0) is 65.5 Å². The van der Waals surface area contributed by atoms with Crippen LogP contribution in [0.25, 0.3) is 0 Å². The first-order valence-electron chi connectivity index (χ1n) is 9.02. The third kappa shape index (κ3) is 3.30. The molecule has 2 aromatic rings. The molecule has 26 heavy (non-hydrogen) atoms. The molecule has 0 saturated heterocycles. The summed E-state index contributed by atoms with van der Waals surface area (Å²) in [4.78, 5) is 0. The maximum Gasteiger partial charge on any atom is 0.134 e. The van der Waals surface area contributed by atoms with Gasteiger partial charge in [0.1, 0.15) is 11.5 Å². The fraction of sp³-hybridized carbons (Fsp3) is 0.455. The number of hydrogen-bond acceptors (Lipinski definition) is 2. The van der Waals surface area contributed by atoms with Crippen LogP contribution in [0, 0.1) is 17.3 Å². The fourth-order valence-corrected chi connectivity index (χ4v) is 4.91. The summed E-state index contributed by atoms with van der Waals surface area (Å²) in [5, 5.41) is 20.4.